The maximum absolute atomic E-state index is 12.8. The van der Waals surface area contributed by atoms with E-state index in [2.05, 4.69) is 33.6 Å². The number of aromatic nitrogens is 1. The minimum atomic E-state index is -1.62. The molecule has 36 heavy (non-hydrogen) atoms. The van der Waals surface area contributed by atoms with Gasteiger partial charge in [-0.1, -0.05) is 18.2 Å². The Kier molecular flexibility index (Phi) is 10.3. The molecule has 5 unspecified atom stereocenters. The Morgan fingerprint density at radius 3 is 2.22 bits per heavy atom. The van der Waals surface area contributed by atoms with Gasteiger partial charge in [-0.05, 0) is 25.0 Å². The van der Waals surface area contributed by atoms with E-state index in [1.54, 1.807) is 6.20 Å². The number of aromatic amines is 1. The molecule has 0 radical (unpaired) electrons. The number of thiol groups is 1. The second kappa shape index (κ2) is 12.9. The summed E-state index contributed by atoms with van der Waals surface area (Å²) < 4.78 is 0. The quantitative estimate of drug-likeness (QED) is 0.130. The van der Waals surface area contributed by atoms with Crippen LogP contribution >= 0.6 is 12.6 Å². The van der Waals surface area contributed by atoms with Gasteiger partial charge in [0.25, 0.3) is 0 Å². The highest BCUT2D eigenvalue weighted by Gasteiger charge is 2.32. The monoisotopic (exact) mass is 522 g/mol. The summed E-state index contributed by atoms with van der Waals surface area (Å²) in [4.78, 5) is 63.8. The number of amides is 4. The summed E-state index contributed by atoms with van der Waals surface area (Å²) >= 11 is 3.99. The zero-order chi connectivity index (χ0) is 27.0. The van der Waals surface area contributed by atoms with Crippen LogP contribution in [0.2, 0.25) is 0 Å². The Labute approximate surface area is 211 Å². The lowest BCUT2D eigenvalue weighted by Gasteiger charge is -2.24. The number of carboxylic acid groups (broad SMARTS) is 1. The van der Waals surface area contributed by atoms with Gasteiger partial charge in [-0.15, -0.1) is 0 Å². The molecule has 13 nitrogen and oxygen atoms in total. The van der Waals surface area contributed by atoms with Crippen LogP contribution in [0.15, 0.2) is 30.5 Å². The number of hydrogen-bond donors (Lipinski definition) is 9. The number of nitrogens with one attached hydrogen (secondary N) is 4. The average Bonchev–Trinajstić information content (AvgIpc) is 3.22. The number of aliphatic hydroxyl groups is 1. The fourth-order valence-electron chi connectivity index (χ4n) is 3.43. The van der Waals surface area contributed by atoms with Gasteiger partial charge in [-0.2, -0.15) is 12.6 Å². The zero-order valence-corrected chi connectivity index (χ0v) is 20.3. The van der Waals surface area contributed by atoms with Crippen molar-refractivity contribution in [1.29, 1.82) is 0 Å². The average molecular weight is 523 g/mol. The number of carbonyl (C=O) groups excluding carboxylic acids is 4. The highest BCUT2D eigenvalue weighted by atomic mass is 32.1. The van der Waals surface area contributed by atoms with E-state index in [1.165, 1.54) is 6.92 Å². The molecule has 0 saturated carbocycles. The van der Waals surface area contributed by atoms with Gasteiger partial charge >= 0.3 is 5.97 Å². The molecule has 0 spiro atoms. The van der Waals surface area contributed by atoms with Gasteiger partial charge in [0.2, 0.25) is 23.6 Å². The number of carbonyl (C=O) groups is 5. The van der Waals surface area contributed by atoms with Gasteiger partial charge in [-0.3, -0.25) is 19.2 Å². The molecule has 10 N–H and O–H groups in total. The largest absolute Gasteiger partial charge is 0.480 e. The summed E-state index contributed by atoms with van der Waals surface area (Å²) in [5.41, 5.74) is 12.9. The summed E-state index contributed by atoms with van der Waals surface area (Å²) in [5.74, 6) is -5.22. The second-order valence-electron chi connectivity index (χ2n) is 8.21. The molecule has 0 saturated heterocycles. The van der Waals surface area contributed by atoms with E-state index in [4.69, 9.17) is 16.6 Å². The van der Waals surface area contributed by atoms with E-state index < -0.39 is 66.3 Å². The fourth-order valence-corrected chi connectivity index (χ4v) is 3.69. The predicted octanol–water partition coefficient (Wildman–Crippen LogP) is -2.24. The van der Waals surface area contributed by atoms with Crippen LogP contribution in [0, 0.1) is 0 Å². The van der Waals surface area contributed by atoms with Gasteiger partial charge in [0.15, 0.2) is 6.04 Å². The van der Waals surface area contributed by atoms with Crippen LogP contribution in [-0.4, -0.2) is 80.8 Å². The van der Waals surface area contributed by atoms with Crippen molar-refractivity contribution in [3.8, 4) is 0 Å². The van der Waals surface area contributed by atoms with Crippen molar-refractivity contribution in [3.63, 3.8) is 0 Å². The molecule has 2 rings (SSSR count). The van der Waals surface area contributed by atoms with Gasteiger partial charge in [-0.25, -0.2) is 4.79 Å². The third kappa shape index (κ3) is 7.69. The first-order valence-corrected chi connectivity index (χ1v) is 11.6. The summed E-state index contributed by atoms with van der Waals surface area (Å²) in [6, 6.07) is 1.94. The van der Waals surface area contributed by atoms with E-state index in [0.717, 1.165) is 16.5 Å². The van der Waals surface area contributed by atoms with E-state index >= 15 is 0 Å². The number of aliphatic carboxylic acids is 1. The van der Waals surface area contributed by atoms with Gasteiger partial charge < -0.3 is 42.6 Å². The molecular weight excluding hydrogens is 492 g/mol. The first kappa shape index (κ1) is 28.6. The number of carboxylic acids is 1. The zero-order valence-electron chi connectivity index (χ0n) is 19.4. The molecule has 1 heterocycles. The second-order valence-corrected chi connectivity index (χ2v) is 8.58. The van der Waals surface area contributed by atoms with Gasteiger partial charge in [0.05, 0.1) is 18.6 Å². The number of para-hydroxylation sites is 1. The van der Waals surface area contributed by atoms with Gasteiger partial charge in [0.1, 0.15) is 12.1 Å². The highest BCUT2D eigenvalue weighted by molar-refractivity contribution is 7.80. The minimum Gasteiger partial charge on any atom is -0.480 e. The number of aliphatic hydroxyl groups excluding tert-OH is 1. The molecule has 1 aromatic carbocycles. The molecule has 0 aliphatic rings. The minimum absolute atomic E-state index is 0.137. The summed E-state index contributed by atoms with van der Waals surface area (Å²) in [6.07, 6.45) is -0.135. The molecule has 0 aliphatic carbocycles. The SMILES string of the molecule is CC(O)C(NC(=O)C(CS)NC(=O)C(CC(N)=O)NC(=O)C(N)Cc1c[nH]c2ccccc12)C(=O)O. The number of rotatable bonds is 13. The third-order valence-electron chi connectivity index (χ3n) is 5.35. The number of nitrogens with two attached hydrogens (primary N) is 2. The Bertz CT molecular complexity index is 1120. The van der Waals surface area contributed by atoms with Crippen LogP contribution in [-0.2, 0) is 30.4 Å². The Hall–Kier alpha value is -3.62. The highest BCUT2D eigenvalue weighted by Crippen LogP contribution is 2.18. The molecule has 5 atom stereocenters. The van der Waals surface area contributed by atoms with Crippen LogP contribution in [0.5, 0.6) is 0 Å². The van der Waals surface area contributed by atoms with Crippen molar-refractivity contribution in [2.45, 2.75) is 50.0 Å². The van der Waals surface area contributed by atoms with E-state index in [1.807, 2.05) is 24.3 Å². The van der Waals surface area contributed by atoms with Crippen molar-refractivity contribution in [2.24, 2.45) is 11.5 Å². The summed E-state index contributed by atoms with van der Waals surface area (Å²) in [7, 11) is 0. The molecule has 1 aromatic heterocycles. The van der Waals surface area contributed by atoms with E-state index in [-0.39, 0.29) is 12.2 Å². The summed E-state index contributed by atoms with van der Waals surface area (Å²) in [5, 5.41) is 26.3. The van der Waals surface area contributed by atoms with Crippen molar-refractivity contribution < 1.29 is 34.2 Å². The third-order valence-corrected chi connectivity index (χ3v) is 5.72. The fraction of sp³-hybridized carbons (Fsp3) is 0.409. The number of primary amides is 1. The van der Waals surface area contributed by atoms with Gasteiger partial charge in [0, 0.05) is 22.9 Å². The molecule has 0 aliphatic heterocycles. The maximum atomic E-state index is 12.8. The number of H-pyrrole nitrogens is 1. The predicted molar refractivity (Wildman–Crippen MR) is 133 cm³/mol. The normalized spacial score (nSPS) is 15.2. The van der Waals surface area contributed by atoms with Crippen molar-refractivity contribution >= 4 is 53.1 Å². The van der Waals surface area contributed by atoms with Crippen LogP contribution in [0.1, 0.15) is 18.9 Å². The summed E-state index contributed by atoms with van der Waals surface area (Å²) in [6.45, 7) is 1.17. The molecule has 14 heteroatoms. The lowest BCUT2D eigenvalue weighted by Crippen LogP contribution is -2.59. The molecule has 0 bridgehead atoms. The van der Waals surface area contributed by atoms with Crippen LogP contribution in [0.3, 0.4) is 0 Å². The lowest BCUT2D eigenvalue weighted by atomic mass is 10.0. The first-order chi connectivity index (χ1) is 16.9. The van der Waals surface area contributed by atoms with Crippen LogP contribution < -0.4 is 27.4 Å². The van der Waals surface area contributed by atoms with Crippen molar-refractivity contribution in [1.82, 2.24) is 20.9 Å². The van der Waals surface area contributed by atoms with E-state index in [9.17, 15) is 29.1 Å². The Morgan fingerprint density at radius 2 is 1.64 bits per heavy atom. The lowest BCUT2D eigenvalue weighted by molar-refractivity contribution is -0.145. The number of benzene rings is 1. The van der Waals surface area contributed by atoms with Crippen molar-refractivity contribution in [3.05, 3.63) is 36.0 Å². The Balaban J connectivity index is 2.07. The molecule has 196 valence electrons. The molecule has 0 fully saturated rings. The van der Waals surface area contributed by atoms with E-state index in [0.29, 0.717) is 0 Å². The standard InChI is InChI=1S/C22H30N6O7S/c1-10(29)18(22(34)35)28-21(33)16(9-36)27-20(32)15(7-17(24)30)26-19(31)13(23)6-11-8-25-14-5-3-2-4-12(11)14/h2-5,8,10,13,15-16,18,25,29,36H,6-7,9,23H2,1H3,(H2,24,30)(H,26,31)(H,27,32)(H,28,33)(H,34,35). The maximum Gasteiger partial charge on any atom is 0.328 e. The molecule has 4 amide bonds. The molecular formula is C22H30N6O7S. The topological polar surface area (TPSA) is 230 Å². The van der Waals surface area contributed by atoms with Crippen LogP contribution in [0.4, 0.5) is 0 Å². The van der Waals surface area contributed by atoms with Crippen LogP contribution in [0.25, 0.3) is 10.9 Å². The number of fused-ring (bicyclic) bond motifs is 1. The molecule has 2 aromatic rings. The Morgan fingerprint density at radius 1 is 1.03 bits per heavy atom. The number of hydrogen-bond acceptors (Lipinski definition) is 8. The van der Waals surface area contributed by atoms with Crippen molar-refractivity contribution in [2.75, 3.05) is 5.75 Å². The first-order valence-electron chi connectivity index (χ1n) is 11.0. The smallest absolute Gasteiger partial charge is 0.328 e.